The van der Waals surface area contributed by atoms with Gasteiger partial charge in [-0.25, -0.2) is 0 Å². The zero-order valence-electron chi connectivity index (χ0n) is 13.3. The largest absolute Gasteiger partial charge is 0.493 e. The van der Waals surface area contributed by atoms with Gasteiger partial charge in [-0.05, 0) is 30.2 Å². The molecule has 0 unspecified atom stereocenters. The number of benzene rings is 1. The van der Waals surface area contributed by atoms with Crippen LogP contribution < -0.4 is 9.47 Å². The van der Waals surface area contributed by atoms with E-state index in [-0.39, 0.29) is 12.6 Å². The second-order valence-corrected chi connectivity index (χ2v) is 5.02. The number of ether oxygens (including phenoxy) is 4. The van der Waals surface area contributed by atoms with E-state index in [9.17, 15) is 4.79 Å². The van der Waals surface area contributed by atoms with E-state index in [1.54, 1.807) is 26.2 Å². The van der Waals surface area contributed by atoms with Crippen molar-refractivity contribution in [2.45, 2.75) is 13.0 Å². The van der Waals surface area contributed by atoms with Gasteiger partial charge in [0.25, 0.3) is 0 Å². The standard InChI is InChI=1S/C18H20O5/c1-5-9-22-14-8-7-13(10-15(14)20-4)17-16(12(3)11-23-17)18(19)21-6-2/h1,7-8,10,16-17H,3,6,9,11H2,2,4H3/t16-,17+/m0/s1. The topological polar surface area (TPSA) is 54.0 Å². The van der Waals surface area contributed by atoms with Crippen LogP contribution in [0.25, 0.3) is 0 Å². The second-order valence-electron chi connectivity index (χ2n) is 5.02. The molecular formula is C18H20O5. The molecule has 1 fully saturated rings. The first-order valence-electron chi connectivity index (χ1n) is 7.32. The maximum Gasteiger partial charge on any atom is 0.316 e. The summed E-state index contributed by atoms with van der Waals surface area (Å²) in [4.78, 5) is 12.2. The molecule has 2 rings (SSSR count). The molecule has 0 bridgehead atoms. The fourth-order valence-electron chi connectivity index (χ4n) is 2.51. The minimum atomic E-state index is -0.517. The minimum absolute atomic E-state index is 0.151. The predicted molar refractivity (Wildman–Crippen MR) is 85.3 cm³/mol. The van der Waals surface area contributed by atoms with Crippen LogP contribution in [0.1, 0.15) is 18.6 Å². The highest BCUT2D eigenvalue weighted by Crippen LogP contribution is 2.41. The Morgan fingerprint density at radius 1 is 1.48 bits per heavy atom. The number of rotatable bonds is 6. The van der Waals surface area contributed by atoms with Crippen LogP contribution in [0, 0.1) is 18.3 Å². The Morgan fingerprint density at radius 2 is 2.26 bits per heavy atom. The maximum atomic E-state index is 12.2. The molecule has 1 aliphatic heterocycles. The molecule has 1 saturated heterocycles. The van der Waals surface area contributed by atoms with Crippen LogP contribution in [0.2, 0.25) is 0 Å². The lowest BCUT2D eigenvalue weighted by molar-refractivity contribution is -0.148. The summed E-state index contributed by atoms with van der Waals surface area (Å²) in [5.74, 6) is 2.63. The average Bonchev–Trinajstić information content (AvgIpc) is 2.94. The van der Waals surface area contributed by atoms with Crippen molar-refractivity contribution < 1.29 is 23.7 Å². The van der Waals surface area contributed by atoms with Crippen molar-refractivity contribution >= 4 is 5.97 Å². The molecule has 1 aliphatic rings. The number of carbonyl (C=O) groups excluding carboxylic acids is 1. The summed E-state index contributed by atoms with van der Waals surface area (Å²) in [5, 5.41) is 0. The third kappa shape index (κ3) is 3.66. The summed E-state index contributed by atoms with van der Waals surface area (Å²) in [5.41, 5.74) is 1.51. The van der Waals surface area contributed by atoms with Gasteiger partial charge in [-0.3, -0.25) is 4.79 Å². The zero-order chi connectivity index (χ0) is 16.8. The molecule has 0 saturated carbocycles. The molecule has 0 aliphatic carbocycles. The molecule has 0 spiro atoms. The Bertz CT molecular complexity index is 629. The van der Waals surface area contributed by atoms with Gasteiger partial charge in [0.2, 0.25) is 0 Å². The molecule has 1 aromatic rings. The molecule has 1 aromatic carbocycles. The van der Waals surface area contributed by atoms with Crippen molar-refractivity contribution in [1.82, 2.24) is 0 Å². The van der Waals surface area contributed by atoms with Crippen LogP contribution in [0.3, 0.4) is 0 Å². The zero-order valence-corrected chi connectivity index (χ0v) is 13.3. The van der Waals surface area contributed by atoms with Crippen LogP contribution in [-0.4, -0.2) is 32.9 Å². The van der Waals surface area contributed by atoms with E-state index in [0.717, 1.165) is 5.56 Å². The molecular weight excluding hydrogens is 296 g/mol. The monoisotopic (exact) mass is 316 g/mol. The summed E-state index contributed by atoms with van der Waals surface area (Å²) in [6.45, 7) is 6.47. The van der Waals surface area contributed by atoms with Crippen molar-refractivity contribution in [1.29, 1.82) is 0 Å². The number of terminal acetylenes is 1. The molecule has 0 N–H and O–H groups in total. The summed E-state index contributed by atoms with van der Waals surface area (Å²) >= 11 is 0. The maximum absolute atomic E-state index is 12.2. The van der Waals surface area contributed by atoms with Gasteiger partial charge in [0.05, 0.1) is 20.3 Å². The number of esters is 1. The second kappa shape index (κ2) is 7.70. The summed E-state index contributed by atoms with van der Waals surface area (Å²) in [6.07, 6.45) is 4.75. The Labute approximate surface area is 136 Å². The van der Waals surface area contributed by atoms with Gasteiger partial charge in [0.15, 0.2) is 11.5 Å². The van der Waals surface area contributed by atoms with Gasteiger partial charge in [0, 0.05) is 0 Å². The molecule has 0 aromatic heterocycles. The lowest BCUT2D eigenvalue weighted by Crippen LogP contribution is -2.22. The van der Waals surface area contributed by atoms with E-state index in [1.165, 1.54) is 0 Å². The lowest BCUT2D eigenvalue weighted by Gasteiger charge is -2.19. The first-order valence-corrected chi connectivity index (χ1v) is 7.32. The van der Waals surface area contributed by atoms with E-state index >= 15 is 0 Å². The number of methoxy groups -OCH3 is 1. The first kappa shape index (κ1) is 16.9. The van der Waals surface area contributed by atoms with Crippen LogP contribution in [0.4, 0.5) is 0 Å². The predicted octanol–water partition coefficient (Wildman–Crippen LogP) is 2.51. The van der Waals surface area contributed by atoms with Crippen molar-refractivity contribution in [3.63, 3.8) is 0 Å². The summed E-state index contributed by atoms with van der Waals surface area (Å²) in [7, 11) is 1.54. The molecule has 0 radical (unpaired) electrons. The van der Waals surface area contributed by atoms with Crippen LogP contribution >= 0.6 is 0 Å². The molecule has 122 valence electrons. The van der Waals surface area contributed by atoms with Gasteiger partial charge in [-0.15, -0.1) is 6.42 Å². The third-order valence-electron chi connectivity index (χ3n) is 3.56. The fraction of sp³-hybridized carbons (Fsp3) is 0.389. The van der Waals surface area contributed by atoms with Crippen molar-refractivity contribution in [3.8, 4) is 23.8 Å². The highest BCUT2D eigenvalue weighted by molar-refractivity contribution is 5.77. The highest BCUT2D eigenvalue weighted by atomic mass is 16.5. The lowest BCUT2D eigenvalue weighted by atomic mass is 9.92. The molecule has 23 heavy (non-hydrogen) atoms. The van der Waals surface area contributed by atoms with E-state index < -0.39 is 12.0 Å². The quantitative estimate of drug-likeness (QED) is 0.458. The highest BCUT2D eigenvalue weighted by Gasteiger charge is 2.39. The molecule has 0 amide bonds. The van der Waals surface area contributed by atoms with Crippen molar-refractivity contribution in [2.24, 2.45) is 5.92 Å². The van der Waals surface area contributed by atoms with Crippen molar-refractivity contribution in [2.75, 3.05) is 26.9 Å². The minimum Gasteiger partial charge on any atom is -0.493 e. The molecule has 5 heteroatoms. The first-order chi connectivity index (χ1) is 11.1. The molecule has 5 nitrogen and oxygen atoms in total. The Hall–Kier alpha value is -2.45. The van der Waals surface area contributed by atoms with Gasteiger partial charge in [-0.2, -0.15) is 0 Å². The Kier molecular flexibility index (Phi) is 5.67. The van der Waals surface area contributed by atoms with Gasteiger partial charge < -0.3 is 18.9 Å². The van der Waals surface area contributed by atoms with Crippen molar-refractivity contribution in [3.05, 3.63) is 35.9 Å². The van der Waals surface area contributed by atoms with E-state index in [0.29, 0.717) is 30.3 Å². The molecule has 1 heterocycles. The van der Waals surface area contributed by atoms with E-state index in [1.807, 2.05) is 6.07 Å². The number of hydrogen-bond acceptors (Lipinski definition) is 5. The van der Waals surface area contributed by atoms with Crippen LogP contribution in [-0.2, 0) is 14.3 Å². The molecule has 2 atom stereocenters. The normalized spacial score (nSPS) is 20.0. The third-order valence-corrected chi connectivity index (χ3v) is 3.56. The van der Waals surface area contributed by atoms with Crippen LogP contribution in [0.15, 0.2) is 30.4 Å². The Balaban J connectivity index is 2.28. The van der Waals surface area contributed by atoms with Gasteiger partial charge in [-0.1, -0.05) is 18.6 Å². The fourth-order valence-corrected chi connectivity index (χ4v) is 2.51. The van der Waals surface area contributed by atoms with Gasteiger partial charge >= 0.3 is 5.97 Å². The van der Waals surface area contributed by atoms with E-state index in [4.69, 9.17) is 25.4 Å². The average molecular weight is 316 g/mol. The summed E-state index contributed by atoms with van der Waals surface area (Å²) in [6, 6.07) is 5.35. The number of hydrogen-bond donors (Lipinski definition) is 0. The van der Waals surface area contributed by atoms with Crippen LogP contribution in [0.5, 0.6) is 11.5 Å². The smallest absolute Gasteiger partial charge is 0.316 e. The van der Waals surface area contributed by atoms with E-state index in [2.05, 4.69) is 12.5 Å². The summed E-state index contributed by atoms with van der Waals surface area (Å²) < 4.78 is 21.6. The van der Waals surface area contributed by atoms with Gasteiger partial charge in [0.1, 0.15) is 18.6 Å². The number of carbonyl (C=O) groups is 1. The Morgan fingerprint density at radius 3 is 2.91 bits per heavy atom. The SMILES string of the molecule is C#CCOc1ccc([C@H]2OCC(=C)[C@@H]2C(=O)OCC)cc1OC.